The zero-order valence-electron chi connectivity index (χ0n) is 7.73. The number of rotatable bonds is 1. The Hall–Kier alpha value is -0.540. The molecule has 0 saturated heterocycles. The normalized spacial score (nSPS) is 11.5. The van der Waals surface area contributed by atoms with Crippen LogP contribution in [0.15, 0.2) is 6.07 Å². The molecule has 1 aromatic rings. The molecule has 0 atom stereocenters. The van der Waals surface area contributed by atoms with Gasteiger partial charge in [-0.15, -0.1) is 0 Å². The summed E-state index contributed by atoms with van der Waals surface area (Å²) in [4.78, 5) is 7.72. The van der Waals surface area contributed by atoms with Crippen LogP contribution in [0.3, 0.4) is 0 Å². The van der Waals surface area contributed by atoms with Crippen molar-refractivity contribution in [3.05, 3.63) is 16.5 Å². The highest BCUT2D eigenvalue weighted by atomic mass is 35.5. The van der Waals surface area contributed by atoms with E-state index in [1.165, 1.54) is 0 Å². The van der Waals surface area contributed by atoms with E-state index in [0.29, 0.717) is 11.0 Å². The van der Waals surface area contributed by atoms with Crippen LogP contribution in [0, 0.1) is 0 Å². The lowest BCUT2D eigenvalue weighted by molar-refractivity contribution is 0.630. The summed E-state index contributed by atoms with van der Waals surface area (Å²) in [6.07, 6.45) is 0. The van der Waals surface area contributed by atoms with Gasteiger partial charge in [0.15, 0.2) is 0 Å². The molecule has 0 aliphatic carbocycles. The Labute approximate surface area is 87.5 Å². The fourth-order valence-corrected chi connectivity index (χ4v) is 1.25. The standard InChI is InChI=1S/C8H11Cl2N3/c1-8(2,3)13-6-4-5(9)11-7(10)12-6/h4H,1-3H3,(H,11,12,13). The molecule has 1 rings (SSSR count). The molecule has 0 fully saturated rings. The molecule has 72 valence electrons. The zero-order chi connectivity index (χ0) is 10.1. The number of hydrogen-bond acceptors (Lipinski definition) is 3. The maximum Gasteiger partial charge on any atom is 0.225 e. The number of aromatic nitrogens is 2. The molecule has 0 aliphatic heterocycles. The quantitative estimate of drug-likeness (QED) is 0.583. The van der Waals surface area contributed by atoms with Crippen molar-refractivity contribution < 1.29 is 0 Å². The monoisotopic (exact) mass is 219 g/mol. The first kappa shape index (κ1) is 10.5. The summed E-state index contributed by atoms with van der Waals surface area (Å²) in [6, 6.07) is 1.64. The van der Waals surface area contributed by atoms with E-state index in [0.717, 1.165) is 0 Å². The molecule has 1 heterocycles. The Morgan fingerprint density at radius 3 is 2.31 bits per heavy atom. The number of halogens is 2. The van der Waals surface area contributed by atoms with E-state index in [4.69, 9.17) is 23.2 Å². The first-order valence-corrected chi connectivity index (χ1v) is 4.61. The van der Waals surface area contributed by atoms with Gasteiger partial charge < -0.3 is 5.32 Å². The van der Waals surface area contributed by atoms with E-state index >= 15 is 0 Å². The maximum absolute atomic E-state index is 5.70. The molecule has 5 heteroatoms. The molecular formula is C8H11Cl2N3. The van der Waals surface area contributed by atoms with Crippen molar-refractivity contribution in [2.45, 2.75) is 26.3 Å². The van der Waals surface area contributed by atoms with Crippen molar-refractivity contribution in [3.63, 3.8) is 0 Å². The first-order valence-electron chi connectivity index (χ1n) is 3.85. The Morgan fingerprint density at radius 1 is 1.23 bits per heavy atom. The van der Waals surface area contributed by atoms with Crippen LogP contribution in [0.4, 0.5) is 5.82 Å². The van der Waals surface area contributed by atoms with Crippen molar-refractivity contribution in [3.8, 4) is 0 Å². The average Bonchev–Trinajstić information content (AvgIpc) is 1.78. The molecule has 0 amide bonds. The van der Waals surface area contributed by atoms with Crippen LogP contribution < -0.4 is 5.32 Å². The second kappa shape index (κ2) is 3.68. The lowest BCUT2D eigenvalue weighted by Gasteiger charge is -2.21. The summed E-state index contributed by atoms with van der Waals surface area (Å²) >= 11 is 11.3. The van der Waals surface area contributed by atoms with Crippen molar-refractivity contribution in [1.29, 1.82) is 0 Å². The number of hydrogen-bond donors (Lipinski definition) is 1. The summed E-state index contributed by atoms with van der Waals surface area (Å²) in [7, 11) is 0. The van der Waals surface area contributed by atoms with Gasteiger partial charge >= 0.3 is 0 Å². The Balaban J connectivity index is 2.90. The molecule has 0 aromatic carbocycles. The molecule has 1 aromatic heterocycles. The first-order chi connectivity index (χ1) is 5.87. The summed E-state index contributed by atoms with van der Waals surface area (Å²) < 4.78 is 0. The van der Waals surface area contributed by atoms with E-state index < -0.39 is 0 Å². The Bertz CT molecular complexity index is 286. The highest BCUT2D eigenvalue weighted by Crippen LogP contribution is 2.17. The molecule has 0 unspecified atom stereocenters. The summed E-state index contributed by atoms with van der Waals surface area (Å²) in [5, 5.41) is 3.63. The van der Waals surface area contributed by atoms with Crippen LogP contribution in [0.25, 0.3) is 0 Å². The van der Waals surface area contributed by atoms with Gasteiger partial charge in [-0.05, 0) is 32.4 Å². The molecule has 3 nitrogen and oxygen atoms in total. The minimum Gasteiger partial charge on any atom is -0.365 e. The van der Waals surface area contributed by atoms with Crippen LogP contribution >= 0.6 is 23.2 Å². The predicted molar refractivity (Wildman–Crippen MR) is 55.4 cm³/mol. The van der Waals surface area contributed by atoms with Crippen molar-refractivity contribution in [2.24, 2.45) is 0 Å². The van der Waals surface area contributed by atoms with Crippen molar-refractivity contribution in [2.75, 3.05) is 5.32 Å². The van der Waals surface area contributed by atoms with Crippen molar-refractivity contribution in [1.82, 2.24) is 9.97 Å². The van der Waals surface area contributed by atoms with Gasteiger partial charge in [-0.1, -0.05) is 11.6 Å². The van der Waals surface area contributed by atoms with Gasteiger partial charge in [0.05, 0.1) is 0 Å². The van der Waals surface area contributed by atoms with Gasteiger partial charge in [0.1, 0.15) is 11.0 Å². The molecule has 0 aliphatic rings. The highest BCUT2D eigenvalue weighted by Gasteiger charge is 2.11. The molecule has 1 N–H and O–H groups in total. The van der Waals surface area contributed by atoms with Gasteiger partial charge in [0.2, 0.25) is 5.28 Å². The number of anilines is 1. The zero-order valence-corrected chi connectivity index (χ0v) is 9.24. The van der Waals surface area contributed by atoms with Crippen LogP contribution in [0.5, 0.6) is 0 Å². The van der Waals surface area contributed by atoms with E-state index in [1.54, 1.807) is 6.07 Å². The van der Waals surface area contributed by atoms with E-state index in [-0.39, 0.29) is 10.8 Å². The van der Waals surface area contributed by atoms with Gasteiger partial charge in [0, 0.05) is 11.6 Å². The minimum atomic E-state index is -0.0684. The largest absolute Gasteiger partial charge is 0.365 e. The van der Waals surface area contributed by atoms with Gasteiger partial charge in [-0.3, -0.25) is 0 Å². The average molecular weight is 220 g/mol. The van der Waals surface area contributed by atoms with Crippen LogP contribution in [-0.4, -0.2) is 15.5 Å². The van der Waals surface area contributed by atoms with Crippen LogP contribution in [0.2, 0.25) is 10.4 Å². The third-order valence-electron chi connectivity index (χ3n) is 1.17. The van der Waals surface area contributed by atoms with Crippen LogP contribution in [-0.2, 0) is 0 Å². The minimum absolute atomic E-state index is 0.0684. The summed E-state index contributed by atoms with van der Waals surface area (Å²) in [5.74, 6) is 0.637. The Kier molecular flexibility index (Phi) is 2.98. The van der Waals surface area contributed by atoms with Gasteiger partial charge in [0.25, 0.3) is 0 Å². The molecule has 0 saturated carbocycles. The third kappa shape index (κ3) is 3.79. The highest BCUT2D eigenvalue weighted by molar-refractivity contribution is 6.32. The molecule has 0 spiro atoms. The predicted octanol–water partition coefficient (Wildman–Crippen LogP) is 2.99. The molecular weight excluding hydrogens is 209 g/mol. The number of nitrogens with zero attached hydrogens (tertiary/aromatic N) is 2. The van der Waals surface area contributed by atoms with Gasteiger partial charge in [-0.25, -0.2) is 9.97 Å². The second-order valence-corrected chi connectivity index (χ2v) is 4.45. The summed E-state index contributed by atoms with van der Waals surface area (Å²) in [6.45, 7) is 6.07. The van der Waals surface area contributed by atoms with E-state index in [1.807, 2.05) is 20.8 Å². The second-order valence-electron chi connectivity index (χ2n) is 3.72. The Morgan fingerprint density at radius 2 is 1.85 bits per heavy atom. The smallest absolute Gasteiger partial charge is 0.225 e. The summed E-state index contributed by atoms with van der Waals surface area (Å²) in [5.41, 5.74) is -0.0684. The topological polar surface area (TPSA) is 37.8 Å². The van der Waals surface area contributed by atoms with Gasteiger partial charge in [-0.2, -0.15) is 0 Å². The third-order valence-corrected chi connectivity index (χ3v) is 1.53. The van der Waals surface area contributed by atoms with Crippen molar-refractivity contribution >= 4 is 29.0 Å². The fourth-order valence-electron chi connectivity index (χ4n) is 0.838. The van der Waals surface area contributed by atoms with E-state index in [2.05, 4.69) is 15.3 Å². The fraction of sp³-hybridized carbons (Fsp3) is 0.500. The van der Waals surface area contributed by atoms with Crippen LogP contribution in [0.1, 0.15) is 20.8 Å². The molecule has 0 radical (unpaired) electrons. The number of nitrogens with one attached hydrogen (secondary N) is 1. The lowest BCUT2D eigenvalue weighted by Crippen LogP contribution is -2.26. The lowest BCUT2D eigenvalue weighted by atomic mass is 10.1. The maximum atomic E-state index is 5.70. The molecule has 13 heavy (non-hydrogen) atoms. The SMILES string of the molecule is CC(C)(C)Nc1cc(Cl)nc(Cl)n1. The van der Waals surface area contributed by atoms with E-state index in [9.17, 15) is 0 Å². The molecule has 0 bridgehead atoms.